The fourth-order valence-corrected chi connectivity index (χ4v) is 3.08. The zero-order valence-electron chi connectivity index (χ0n) is 14.8. The lowest BCUT2D eigenvalue weighted by atomic mass is 9.77. The van der Waals surface area contributed by atoms with Crippen LogP contribution in [0.3, 0.4) is 0 Å². The van der Waals surface area contributed by atoms with Gasteiger partial charge in [0.1, 0.15) is 17.7 Å². The second-order valence-corrected chi connectivity index (χ2v) is 7.37. The van der Waals surface area contributed by atoms with E-state index in [0.717, 1.165) is 11.2 Å². The summed E-state index contributed by atoms with van der Waals surface area (Å²) in [7, 11) is -0.523. The van der Waals surface area contributed by atoms with Gasteiger partial charge in [0, 0.05) is 11.2 Å². The van der Waals surface area contributed by atoms with E-state index >= 15 is 0 Å². The summed E-state index contributed by atoms with van der Waals surface area (Å²) in [4.78, 5) is 4.32. The van der Waals surface area contributed by atoms with Gasteiger partial charge in [-0.2, -0.15) is 0 Å². The Hall–Kier alpha value is -2.18. The first-order chi connectivity index (χ1) is 11.8. The van der Waals surface area contributed by atoms with Crippen LogP contribution in [0.4, 0.5) is 4.39 Å². The van der Waals surface area contributed by atoms with Gasteiger partial charge in [0.25, 0.3) is 0 Å². The van der Waals surface area contributed by atoms with Crippen LogP contribution in [0.1, 0.15) is 27.7 Å². The van der Waals surface area contributed by atoms with E-state index in [9.17, 15) is 4.39 Å². The van der Waals surface area contributed by atoms with Crippen LogP contribution >= 0.6 is 0 Å². The average Bonchev–Trinajstić information content (AvgIpc) is 3.07. The number of rotatable bonds is 2. The molecule has 0 N–H and O–H groups in total. The smallest absolute Gasteiger partial charge is 0.399 e. The minimum absolute atomic E-state index is 0.307. The summed E-state index contributed by atoms with van der Waals surface area (Å²) >= 11 is 0. The van der Waals surface area contributed by atoms with Gasteiger partial charge in [-0.1, -0.05) is 24.3 Å². The molecule has 0 bridgehead atoms. The van der Waals surface area contributed by atoms with Crippen molar-refractivity contribution in [3.05, 3.63) is 54.6 Å². The molecule has 4 rings (SSSR count). The highest BCUT2D eigenvalue weighted by atomic mass is 19.1. The Kier molecular flexibility index (Phi) is 3.53. The number of hydrogen-bond donors (Lipinski definition) is 0. The molecule has 6 heteroatoms. The largest absolute Gasteiger partial charge is 0.496 e. The summed E-state index contributed by atoms with van der Waals surface area (Å²) in [6.07, 6.45) is 1.64. The van der Waals surface area contributed by atoms with Crippen molar-refractivity contribution in [3.8, 4) is 5.69 Å². The maximum Gasteiger partial charge on any atom is 0.496 e. The summed E-state index contributed by atoms with van der Waals surface area (Å²) in [6.45, 7) is 8.06. The van der Waals surface area contributed by atoms with Crippen LogP contribution in [0.5, 0.6) is 0 Å². The van der Waals surface area contributed by atoms with E-state index in [4.69, 9.17) is 9.31 Å². The molecule has 3 aromatic rings. The highest BCUT2D eigenvalue weighted by molar-refractivity contribution is 6.63. The third-order valence-electron chi connectivity index (χ3n) is 5.22. The molecule has 2 aromatic carbocycles. The van der Waals surface area contributed by atoms with E-state index in [-0.39, 0.29) is 5.82 Å². The molecule has 0 atom stereocenters. The summed E-state index contributed by atoms with van der Waals surface area (Å²) in [5.41, 5.74) is 1.84. The number of aromatic nitrogens is 2. The molecule has 25 heavy (non-hydrogen) atoms. The molecule has 0 aliphatic carbocycles. The van der Waals surface area contributed by atoms with Crippen molar-refractivity contribution >= 4 is 23.6 Å². The Bertz CT molecular complexity index is 936. The van der Waals surface area contributed by atoms with Crippen LogP contribution in [0, 0.1) is 5.82 Å². The monoisotopic (exact) mass is 338 g/mol. The van der Waals surface area contributed by atoms with Crippen LogP contribution < -0.4 is 5.46 Å². The fraction of sp³-hybridized carbons (Fsp3) is 0.316. The number of halogens is 1. The van der Waals surface area contributed by atoms with Crippen molar-refractivity contribution in [2.75, 3.05) is 0 Å². The Morgan fingerprint density at radius 1 is 0.960 bits per heavy atom. The van der Waals surface area contributed by atoms with E-state index in [1.807, 2.05) is 52.0 Å². The van der Waals surface area contributed by atoms with Gasteiger partial charge in [0.2, 0.25) is 0 Å². The Morgan fingerprint density at radius 3 is 2.36 bits per heavy atom. The minimum Gasteiger partial charge on any atom is -0.399 e. The van der Waals surface area contributed by atoms with E-state index in [1.165, 1.54) is 6.07 Å². The lowest BCUT2D eigenvalue weighted by molar-refractivity contribution is 0.00578. The second kappa shape index (κ2) is 5.41. The van der Waals surface area contributed by atoms with E-state index in [1.54, 1.807) is 23.0 Å². The first-order valence-corrected chi connectivity index (χ1v) is 8.37. The number of nitrogens with zero attached hydrogens (tertiary/aromatic N) is 2. The molecule has 4 nitrogen and oxygen atoms in total. The molecule has 1 aliphatic heterocycles. The van der Waals surface area contributed by atoms with Crippen LogP contribution in [0.2, 0.25) is 0 Å². The number of hydrogen-bond acceptors (Lipinski definition) is 3. The predicted molar refractivity (Wildman–Crippen MR) is 96.7 cm³/mol. The molecule has 0 saturated carbocycles. The van der Waals surface area contributed by atoms with Gasteiger partial charge in [0.05, 0.1) is 16.7 Å². The molecule has 1 saturated heterocycles. The van der Waals surface area contributed by atoms with Crippen LogP contribution in [0.15, 0.2) is 48.8 Å². The van der Waals surface area contributed by atoms with Gasteiger partial charge in [-0.25, -0.2) is 9.37 Å². The average molecular weight is 338 g/mol. The molecule has 0 amide bonds. The summed E-state index contributed by atoms with van der Waals surface area (Å²) in [5.74, 6) is -0.307. The maximum absolute atomic E-state index is 14.4. The maximum atomic E-state index is 14.4. The lowest BCUT2D eigenvalue weighted by Gasteiger charge is -2.32. The number of imidazole rings is 1. The normalized spacial score (nSPS) is 18.8. The minimum atomic E-state index is -0.523. The molecule has 0 spiro atoms. The molecular weight excluding hydrogens is 318 g/mol. The Labute approximate surface area is 146 Å². The molecule has 0 radical (unpaired) electrons. The zero-order valence-corrected chi connectivity index (χ0v) is 14.8. The molecule has 2 heterocycles. The van der Waals surface area contributed by atoms with Crippen molar-refractivity contribution in [2.24, 2.45) is 0 Å². The molecule has 0 unspecified atom stereocenters. The SMILES string of the molecule is CC1(C)OB(c2ccccc2-n2cnc3cccc(F)c32)OC1(C)C. The third-order valence-corrected chi connectivity index (χ3v) is 5.22. The first-order valence-electron chi connectivity index (χ1n) is 8.37. The van der Waals surface area contributed by atoms with Gasteiger partial charge in [-0.05, 0) is 45.9 Å². The van der Waals surface area contributed by atoms with E-state index < -0.39 is 18.3 Å². The molecule has 128 valence electrons. The highest BCUT2D eigenvalue weighted by Crippen LogP contribution is 2.37. The first kappa shape index (κ1) is 16.3. The molecule has 1 aliphatic rings. The molecule has 1 fully saturated rings. The van der Waals surface area contributed by atoms with E-state index in [2.05, 4.69) is 4.98 Å². The molecular formula is C19H20BFN2O2. The van der Waals surface area contributed by atoms with Gasteiger partial charge < -0.3 is 9.31 Å². The van der Waals surface area contributed by atoms with Gasteiger partial charge in [0.15, 0.2) is 0 Å². The second-order valence-electron chi connectivity index (χ2n) is 7.37. The van der Waals surface area contributed by atoms with Crippen molar-refractivity contribution < 1.29 is 13.7 Å². The fourth-order valence-electron chi connectivity index (χ4n) is 3.08. The zero-order chi connectivity index (χ0) is 17.8. The van der Waals surface area contributed by atoms with Crippen molar-refractivity contribution in [3.63, 3.8) is 0 Å². The van der Waals surface area contributed by atoms with E-state index in [0.29, 0.717) is 11.0 Å². The lowest BCUT2D eigenvalue weighted by Crippen LogP contribution is -2.41. The third kappa shape index (κ3) is 2.48. The predicted octanol–water partition coefficient (Wildman–Crippen LogP) is 3.46. The van der Waals surface area contributed by atoms with Crippen LogP contribution in [-0.2, 0) is 9.31 Å². The quantitative estimate of drug-likeness (QED) is 0.672. The molecule has 1 aromatic heterocycles. The Morgan fingerprint density at radius 2 is 1.64 bits per heavy atom. The van der Waals surface area contributed by atoms with Gasteiger partial charge in [-0.15, -0.1) is 0 Å². The standard InChI is InChI=1S/C19H20BFN2O2/c1-18(2)19(3,4)25-20(24-18)13-8-5-6-11-16(13)23-12-22-15-10-7-9-14(21)17(15)23/h5-12H,1-4H3. The number of para-hydroxylation sites is 2. The van der Waals surface area contributed by atoms with Crippen molar-refractivity contribution in [2.45, 2.75) is 38.9 Å². The number of fused-ring (bicyclic) bond motifs is 1. The van der Waals surface area contributed by atoms with Gasteiger partial charge >= 0.3 is 7.12 Å². The van der Waals surface area contributed by atoms with Crippen LogP contribution in [0.25, 0.3) is 16.7 Å². The Balaban J connectivity index is 1.86. The summed E-state index contributed by atoms with van der Waals surface area (Å²) < 4.78 is 28.5. The topological polar surface area (TPSA) is 36.3 Å². The number of benzene rings is 2. The van der Waals surface area contributed by atoms with Crippen molar-refractivity contribution in [1.82, 2.24) is 9.55 Å². The summed E-state index contributed by atoms with van der Waals surface area (Å²) in [5, 5.41) is 0. The highest BCUT2D eigenvalue weighted by Gasteiger charge is 2.52. The van der Waals surface area contributed by atoms with Crippen LogP contribution in [-0.4, -0.2) is 27.9 Å². The van der Waals surface area contributed by atoms with Crippen molar-refractivity contribution in [1.29, 1.82) is 0 Å². The summed E-state index contributed by atoms with van der Waals surface area (Å²) in [6, 6.07) is 12.6. The van der Waals surface area contributed by atoms with Gasteiger partial charge in [-0.3, -0.25) is 4.57 Å².